The smallest absolute Gasteiger partial charge is 0.129 e. The van der Waals surface area contributed by atoms with Gasteiger partial charge in [-0.1, -0.05) is 0 Å². The lowest BCUT2D eigenvalue weighted by atomic mass is 10.3. The molecule has 0 spiro atoms. The summed E-state index contributed by atoms with van der Waals surface area (Å²) in [7, 11) is 3.68. The van der Waals surface area contributed by atoms with Gasteiger partial charge in [-0.05, 0) is 25.0 Å². The molecule has 3 rings (SSSR count). The monoisotopic (exact) mass is 217 g/mol. The SMILES string of the molecule is COc1ccc2c(c1)nc(C1(N)CC1)n2C. The van der Waals surface area contributed by atoms with Crippen molar-refractivity contribution in [3.05, 3.63) is 24.0 Å². The second kappa shape index (κ2) is 2.98. The number of hydrogen-bond donors (Lipinski definition) is 1. The van der Waals surface area contributed by atoms with E-state index in [1.54, 1.807) is 7.11 Å². The Labute approximate surface area is 94.0 Å². The van der Waals surface area contributed by atoms with Crippen LogP contribution in [-0.4, -0.2) is 16.7 Å². The van der Waals surface area contributed by atoms with Gasteiger partial charge in [0.15, 0.2) is 0 Å². The molecule has 0 atom stereocenters. The molecule has 0 bridgehead atoms. The van der Waals surface area contributed by atoms with Crippen LogP contribution in [0.2, 0.25) is 0 Å². The number of nitrogens with zero attached hydrogens (tertiary/aromatic N) is 2. The van der Waals surface area contributed by atoms with Gasteiger partial charge in [-0.25, -0.2) is 4.98 Å². The Balaban J connectivity index is 2.22. The zero-order valence-corrected chi connectivity index (χ0v) is 9.53. The molecule has 4 heteroatoms. The highest BCUT2D eigenvalue weighted by Gasteiger charge is 2.44. The van der Waals surface area contributed by atoms with Crippen LogP contribution in [-0.2, 0) is 12.6 Å². The molecular weight excluding hydrogens is 202 g/mol. The molecule has 1 fully saturated rings. The predicted octanol–water partition coefficient (Wildman–Crippen LogP) is 1.53. The minimum Gasteiger partial charge on any atom is -0.497 e. The van der Waals surface area contributed by atoms with Gasteiger partial charge in [0.2, 0.25) is 0 Å². The van der Waals surface area contributed by atoms with Crippen LogP contribution in [0.5, 0.6) is 5.75 Å². The maximum absolute atomic E-state index is 6.19. The van der Waals surface area contributed by atoms with E-state index in [0.29, 0.717) is 0 Å². The number of ether oxygens (including phenoxy) is 1. The Bertz CT molecular complexity index is 555. The predicted molar refractivity (Wildman–Crippen MR) is 62.4 cm³/mol. The lowest BCUT2D eigenvalue weighted by molar-refractivity contribution is 0.415. The Kier molecular flexibility index (Phi) is 1.80. The molecule has 4 nitrogen and oxygen atoms in total. The van der Waals surface area contributed by atoms with Crippen LogP contribution in [0.3, 0.4) is 0 Å². The van der Waals surface area contributed by atoms with Gasteiger partial charge in [0.05, 0.1) is 23.7 Å². The summed E-state index contributed by atoms with van der Waals surface area (Å²) >= 11 is 0. The van der Waals surface area contributed by atoms with Crippen molar-refractivity contribution in [2.24, 2.45) is 12.8 Å². The first-order valence-electron chi connectivity index (χ1n) is 5.44. The van der Waals surface area contributed by atoms with Crippen molar-refractivity contribution in [1.29, 1.82) is 0 Å². The highest BCUT2D eigenvalue weighted by molar-refractivity contribution is 5.78. The van der Waals surface area contributed by atoms with Crippen molar-refractivity contribution in [2.75, 3.05) is 7.11 Å². The standard InChI is InChI=1S/C12H15N3O/c1-15-10-4-3-8(16-2)7-9(10)14-11(15)12(13)5-6-12/h3-4,7H,5-6,13H2,1-2H3. The quantitative estimate of drug-likeness (QED) is 0.830. The summed E-state index contributed by atoms with van der Waals surface area (Å²) in [6.45, 7) is 0. The second-order valence-electron chi connectivity index (χ2n) is 4.51. The Morgan fingerprint density at radius 1 is 1.44 bits per heavy atom. The summed E-state index contributed by atoms with van der Waals surface area (Å²) in [4.78, 5) is 4.61. The fourth-order valence-electron chi connectivity index (χ4n) is 2.11. The fraction of sp³-hybridized carbons (Fsp3) is 0.417. The van der Waals surface area contributed by atoms with Crippen molar-refractivity contribution >= 4 is 11.0 Å². The highest BCUT2D eigenvalue weighted by atomic mass is 16.5. The molecule has 16 heavy (non-hydrogen) atoms. The molecular formula is C12H15N3O. The van der Waals surface area contributed by atoms with Crippen molar-refractivity contribution in [3.63, 3.8) is 0 Å². The van der Waals surface area contributed by atoms with Gasteiger partial charge in [-0.3, -0.25) is 0 Å². The average molecular weight is 217 g/mol. The van der Waals surface area contributed by atoms with E-state index < -0.39 is 0 Å². The van der Waals surface area contributed by atoms with Crippen LogP contribution in [0.4, 0.5) is 0 Å². The lowest BCUT2D eigenvalue weighted by Crippen LogP contribution is -2.23. The lowest BCUT2D eigenvalue weighted by Gasteiger charge is -2.07. The second-order valence-corrected chi connectivity index (χ2v) is 4.51. The van der Waals surface area contributed by atoms with Crippen LogP contribution < -0.4 is 10.5 Å². The summed E-state index contributed by atoms with van der Waals surface area (Å²) in [6.07, 6.45) is 2.06. The third-order valence-corrected chi connectivity index (χ3v) is 3.32. The fourth-order valence-corrected chi connectivity index (χ4v) is 2.11. The summed E-state index contributed by atoms with van der Waals surface area (Å²) in [5.41, 5.74) is 8.05. The number of aryl methyl sites for hydroxylation is 1. The molecule has 1 aromatic heterocycles. The summed E-state index contributed by atoms with van der Waals surface area (Å²) in [5, 5.41) is 0. The van der Waals surface area contributed by atoms with Crippen molar-refractivity contribution < 1.29 is 4.74 Å². The van der Waals surface area contributed by atoms with E-state index in [1.165, 1.54) is 0 Å². The Morgan fingerprint density at radius 3 is 2.81 bits per heavy atom. The maximum atomic E-state index is 6.19. The normalized spacial score (nSPS) is 17.7. The molecule has 1 aromatic carbocycles. The highest BCUT2D eigenvalue weighted by Crippen LogP contribution is 2.42. The minimum atomic E-state index is -0.193. The van der Waals surface area contributed by atoms with Gasteiger partial charge in [-0.2, -0.15) is 0 Å². The molecule has 1 aliphatic rings. The molecule has 1 heterocycles. The number of nitrogens with two attached hydrogens (primary N) is 1. The molecule has 0 saturated heterocycles. The largest absolute Gasteiger partial charge is 0.497 e. The molecule has 0 aliphatic heterocycles. The van der Waals surface area contributed by atoms with Gasteiger partial charge < -0.3 is 15.0 Å². The van der Waals surface area contributed by atoms with E-state index in [2.05, 4.69) is 9.55 Å². The number of fused-ring (bicyclic) bond motifs is 1. The minimum absolute atomic E-state index is 0.193. The third kappa shape index (κ3) is 1.23. The molecule has 0 unspecified atom stereocenters. The van der Waals surface area contributed by atoms with Crippen molar-refractivity contribution in [1.82, 2.24) is 9.55 Å². The van der Waals surface area contributed by atoms with Crippen molar-refractivity contribution in [3.8, 4) is 5.75 Å². The first-order chi connectivity index (χ1) is 7.64. The van der Waals surface area contributed by atoms with Crippen LogP contribution in [0.25, 0.3) is 11.0 Å². The number of hydrogen-bond acceptors (Lipinski definition) is 3. The first kappa shape index (κ1) is 9.66. The van der Waals surface area contributed by atoms with Gasteiger partial charge >= 0.3 is 0 Å². The van der Waals surface area contributed by atoms with Gasteiger partial charge in [0.25, 0.3) is 0 Å². The van der Waals surface area contributed by atoms with Crippen molar-refractivity contribution in [2.45, 2.75) is 18.4 Å². The zero-order chi connectivity index (χ0) is 11.3. The van der Waals surface area contributed by atoms with E-state index in [0.717, 1.165) is 35.4 Å². The summed E-state index contributed by atoms with van der Waals surface area (Å²) < 4.78 is 7.28. The number of aromatic nitrogens is 2. The Hall–Kier alpha value is -1.55. The number of benzene rings is 1. The van der Waals surface area contributed by atoms with Crippen LogP contribution in [0.15, 0.2) is 18.2 Å². The molecule has 1 saturated carbocycles. The molecule has 2 N–H and O–H groups in total. The Morgan fingerprint density at radius 2 is 2.19 bits per heavy atom. The van der Waals surface area contributed by atoms with E-state index in [1.807, 2.05) is 25.2 Å². The molecule has 84 valence electrons. The topological polar surface area (TPSA) is 53.1 Å². The first-order valence-corrected chi connectivity index (χ1v) is 5.44. The van der Waals surface area contributed by atoms with Gasteiger partial charge in [-0.15, -0.1) is 0 Å². The van der Waals surface area contributed by atoms with Gasteiger partial charge in [0, 0.05) is 13.1 Å². The maximum Gasteiger partial charge on any atom is 0.129 e. The molecule has 0 radical (unpaired) electrons. The third-order valence-electron chi connectivity index (χ3n) is 3.32. The van der Waals surface area contributed by atoms with Gasteiger partial charge in [0.1, 0.15) is 11.6 Å². The van der Waals surface area contributed by atoms with E-state index >= 15 is 0 Å². The van der Waals surface area contributed by atoms with Crippen LogP contribution in [0, 0.1) is 0 Å². The van der Waals surface area contributed by atoms with E-state index in [4.69, 9.17) is 10.5 Å². The number of imidazole rings is 1. The van der Waals surface area contributed by atoms with E-state index in [9.17, 15) is 0 Å². The zero-order valence-electron chi connectivity index (χ0n) is 9.53. The number of rotatable bonds is 2. The molecule has 0 amide bonds. The molecule has 1 aliphatic carbocycles. The number of methoxy groups -OCH3 is 1. The van der Waals surface area contributed by atoms with Crippen LogP contribution >= 0.6 is 0 Å². The molecule has 2 aromatic rings. The van der Waals surface area contributed by atoms with Crippen LogP contribution in [0.1, 0.15) is 18.7 Å². The van der Waals surface area contributed by atoms with E-state index in [-0.39, 0.29) is 5.54 Å². The summed E-state index contributed by atoms with van der Waals surface area (Å²) in [5.74, 6) is 1.81. The summed E-state index contributed by atoms with van der Waals surface area (Å²) in [6, 6.07) is 5.92. The average Bonchev–Trinajstić information content (AvgIpc) is 2.95.